The molecule has 2 saturated heterocycles. The Balaban J connectivity index is 2.11. The molecule has 3 atom stereocenters. The summed E-state index contributed by atoms with van der Waals surface area (Å²) in [6, 6.07) is 0.512. The lowest BCUT2D eigenvalue weighted by atomic mass is 9.90. The molecule has 0 bridgehead atoms. The molecule has 0 aromatic heterocycles. The van der Waals surface area contributed by atoms with Gasteiger partial charge in [0.05, 0.1) is 12.7 Å². The molecular formula is C12H24N2OS. The van der Waals surface area contributed by atoms with Crippen molar-refractivity contribution < 1.29 is 4.74 Å². The Bertz CT molecular complexity index is 231. The van der Waals surface area contributed by atoms with Crippen molar-refractivity contribution in [3.63, 3.8) is 0 Å². The van der Waals surface area contributed by atoms with Gasteiger partial charge in [0.25, 0.3) is 0 Å². The van der Waals surface area contributed by atoms with Gasteiger partial charge >= 0.3 is 0 Å². The van der Waals surface area contributed by atoms with Crippen LogP contribution in [-0.2, 0) is 4.74 Å². The van der Waals surface area contributed by atoms with E-state index in [1.165, 1.54) is 24.3 Å². The lowest BCUT2D eigenvalue weighted by Gasteiger charge is -2.51. The Labute approximate surface area is 103 Å². The van der Waals surface area contributed by atoms with Crippen LogP contribution < -0.4 is 5.73 Å². The summed E-state index contributed by atoms with van der Waals surface area (Å²) in [7, 11) is 0. The molecule has 0 amide bonds. The fraction of sp³-hybridized carbons (Fsp3) is 1.00. The Morgan fingerprint density at radius 2 is 2.31 bits per heavy atom. The first kappa shape index (κ1) is 12.7. The van der Waals surface area contributed by atoms with E-state index < -0.39 is 0 Å². The number of morpholine rings is 1. The average molecular weight is 244 g/mol. The van der Waals surface area contributed by atoms with E-state index in [-0.39, 0.29) is 5.54 Å². The molecule has 16 heavy (non-hydrogen) atoms. The molecule has 0 radical (unpaired) electrons. The lowest BCUT2D eigenvalue weighted by molar-refractivity contribution is -0.0894. The minimum Gasteiger partial charge on any atom is -0.376 e. The summed E-state index contributed by atoms with van der Waals surface area (Å²) in [5, 5.41) is 0. The topological polar surface area (TPSA) is 38.5 Å². The van der Waals surface area contributed by atoms with Crippen LogP contribution in [0.4, 0.5) is 0 Å². The van der Waals surface area contributed by atoms with Crippen molar-refractivity contribution >= 4 is 11.8 Å². The third kappa shape index (κ3) is 2.40. The molecule has 2 N–H and O–H groups in total. The van der Waals surface area contributed by atoms with Crippen LogP contribution in [0.3, 0.4) is 0 Å². The molecule has 3 unspecified atom stereocenters. The fourth-order valence-corrected chi connectivity index (χ4v) is 4.21. The number of hydrogen-bond acceptors (Lipinski definition) is 4. The second-order valence-corrected chi connectivity index (χ2v) is 6.34. The van der Waals surface area contributed by atoms with Gasteiger partial charge in [0.15, 0.2) is 0 Å². The summed E-state index contributed by atoms with van der Waals surface area (Å²) in [4.78, 5) is 2.62. The zero-order valence-electron chi connectivity index (χ0n) is 10.4. The largest absolute Gasteiger partial charge is 0.376 e. The Morgan fingerprint density at radius 1 is 1.50 bits per heavy atom. The predicted molar refractivity (Wildman–Crippen MR) is 69.9 cm³/mol. The first-order valence-corrected chi connectivity index (χ1v) is 7.49. The summed E-state index contributed by atoms with van der Waals surface area (Å²) in [6.45, 7) is 7.12. The highest BCUT2D eigenvalue weighted by Crippen LogP contribution is 2.34. The van der Waals surface area contributed by atoms with Gasteiger partial charge in [0.2, 0.25) is 0 Å². The number of ether oxygens (including phenoxy) is 1. The van der Waals surface area contributed by atoms with Crippen LogP contribution in [0.5, 0.6) is 0 Å². The van der Waals surface area contributed by atoms with Gasteiger partial charge in [-0.2, -0.15) is 11.8 Å². The maximum absolute atomic E-state index is 6.08. The summed E-state index contributed by atoms with van der Waals surface area (Å²) >= 11 is 2.06. The van der Waals surface area contributed by atoms with Crippen LogP contribution in [0.1, 0.15) is 26.7 Å². The normalized spacial score (nSPS) is 42.2. The van der Waals surface area contributed by atoms with Gasteiger partial charge in [-0.15, -0.1) is 0 Å². The maximum atomic E-state index is 6.08. The zero-order valence-corrected chi connectivity index (χ0v) is 11.3. The van der Waals surface area contributed by atoms with Crippen molar-refractivity contribution in [1.82, 2.24) is 4.90 Å². The highest BCUT2D eigenvalue weighted by Gasteiger charge is 2.41. The monoisotopic (exact) mass is 244 g/mol. The van der Waals surface area contributed by atoms with Gasteiger partial charge in [-0.25, -0.2) is 0 Å². The van der Waals surface area contributed by atoms with Crippen molar-refractivity contribution in [1.29, 1.82) is 0 Å². The molecule has 2 rings (SSSR count). The molecule has 2 fully saturated rings. The van der Waals surface area contributed by atoms with Crippen molar-refractivity contribution in [2.24, 2.45) is 5.73 Å². The number of nitrogens with two attached hydrogens (primary N) is 1. The van der Waals surface area contributed by atoms with Gasteiger partial charge in [0.1, 0.15) is 0 Å². The van der Waals surface area contributed by atoms with Crippen LogP contribution in [0, 0.1) is 0 Å². The van der Waals surface area contributed by atoms with Crippen molar-refractivity contribution in [2.75, 3.05) is 31.2 Å². The van der Waals surface area contributed by atoms with E-state index in [0.29, 0.717) is 12.1 Å². The minimum atomic E-state index is 0.236. The third-order valence-electron chi connectivity index (χ3n) is 3.90. The lowest BCUT2D eigenvalue weighted by Crippen LogP contribution is -2.64. The van der Waals surface area contributed by atoms with E-state index in [1.807, 2.05) is 0 Å². The van der Waals surface area contributed by atoms with E-state index in [2.05, 4.69) is 30.5 Å². The van der Waals surface area contributed by atoms with E-state index in [0.717, 1.165) is 19.7 Å². The maximum Gasteiger partial charge on any atom is 0.0675 e. The SMILES string of the molecule is CC1CN(C2(CN)CCCSC2)C(C)CO1. The Kier molecular flexibility index (Phi) is 4.16. The van der Waals surface area contributed by atoms with E-state index in [4.69, 9.17) is 10.5 Å². The molecule has 94 valence electrons. The molecule has 0 spiro atoms. The molecule has 2 aliphatic heterocycles. The summed E-state index contributed by atoms with van der Waals surface area (Å²) in [6.07, 6.45) is 2.92. The van der Waals surface area contributed by atoms with Crippen molar-refractivity contribution in [2.45, 2.75) is 44.4 Å². The fourth-order valence-electron chi connectivity index (χ4n) is 2.91. The summed E-state index contributed by atoms with van der Waals surface area (Å²) < 4.78 is 5.71. The molecular weight excluding hydrogens is 220 g/mol. The smallest absolute Gasteiger partial charge is 0.0675 e. The van der Waals surface area contributed by atoms with Crippen molar-refractivity contribution in [3.8, 4) is 0 Å². The van der Waals surface area contributed by atoms with Crippen LogP contribution in [0.25, 0.3) is 0 Å². The first-order chi connectivity index (χ1) is 7.68. The third-order valence-corrected chi connectivity index (χ3v) is 5.22. The average Bonchev–Trinajstić information content (AvgIpc) is 2.33. The predicted octanol–water partition coefficient (Wildman–Crippen LogP) is 1.32. The molecule has 0 aliphatic carbocycles. The number of hydrogen-bond donors (Lipinski definition) is 1. The second-order valence-electron chi connectivity index (χ2n) is 5.23. The van der Waals surface area contributed by atoms with Gasteiger partial charge in [-0.1, -0.05) is 0 Å². The number of nitrogens with zero attached hydrogens (tertiary/aromatic N) is 1. The number of thioether (sulfide) groups is 1. The van der Waals surface area contributed by atoms with Gasteiger partial charge < -0.3 is 10.5 Å². The summed E-state index contributed by atoms with van der Waals surface area (Å²) in [5.41, 5.74) is 6.32. The second kappa shape index (κ2) is 5.25. The highest BCUT2D eigenvalue weighted by molar-refractivity contribution is 7.99. The molecule has 2 heterocycles. The van der Waals surface area contributed by atoms with Crippen LogP contribution in [-0.4, -0.2) is 53.8 Å². The first-order valence-electron chi connectivity index (χ1n) is 6.34. The molecule has 2 aliphatic rings. The molecule has 0 aromatic carbocycles. The van der Waals surface area contributed by atoms with Crippen molar-refractivity contribution in [3.05, 3.63) is 0 Å². The minimum absolute atomic E-state index is 0.236. The van der Waals surface area contributed by atoms with Gasteiger partial charge in [0, 0.05) is 30.4 Å². The van der Waals surface area contributed by atoms with Gasteiger partial charge in [-0.05, 0) is 32.4 Å². The van der Waals surface area contributed by atoms with E-state index >= 15 is 0 Å². The van der Waals surface area contributed by atoms with Crippen LogP contribution >= 0.6 is 11.8 Å². The van der Waals surface area contributed by atoms with Crippen LogP contribution in [0.15, 0.2) is 0 Å². The molecule has 0 aromatic rings. The quantitative estimate of drug-likeness (QED) is 0.795. The number of rotatable bonds is 2. The van der Waals surface area contributed by atoms with Crippen LogP contribution in [0.2, 0.25) is 0 Å². The molecule has 3 nitrogen and oxygen atoms in total. The van der Waals surface area contributed by atoms with E-state index in [9.17, 15) is 0 Å². The van der Waals surface area contributed by atoms with E-state index in [1.54, 1.807) is 0 Å². The standard InChI is InChI=1S/C12H24N2OS/c1-10-7-15-11(2)6-14(10)12(8-13)4-3-5-16-9-12/h10-11H,3-9,13H2,1-2H3. The Morgan fingerprint density at radius 3 is 2.94 bits per heavy atom. The molecule has 4 heteroatoms. The zero-order chi connectivity index (χ0) is 11.6. The Hall–Kier alpha value is 0.230. The highest BCUT2D eigenvalue weighted by atomic mass is 32.2. The summed E-state index contributed by atoms with van der Waals surface area (Å²) in [5.74, 6) is 2.50. The molecule has 0 saturated carbocycles. The van der Waals surface area contributed by atoms with Gasteiger partial charge in [-0.3, -0.25) is 4.90 Å².